The quantitative estimate of drug-likeness (QED) is 0.0472. The van der Waals surface area contributed by atoms with Gasteiger partial charge in [-0.05, 0) is 12.8 Å². The predicted molar refractivity (Wildman–Crippen MR) is 213 cm³/mol. The van der Waals surface area contributed by atoms with Gasteiger partial charge in [0.15, 0.2) is 0 Å². The Morgan fingerprint density at radius 1 is 0.265 bits per heavy atom. The number of carbonyl (C=O) groups is 2. The molecule has 49 heavy (non-hydrogen) atoms. The van der Waals surface area contributed by atoms with Crippen LogP contribution in [0, 0.1) is 0 Å². The fourth-order valence-electron chi connectivity index (χ4n) is 6.92. The van der Waals surface area contributed by atoms with Gasteiger partial charge in [0.25, 0.3) is 0 Å². The Kier molecular flexibility index (Phi) is 42.2. The van der Waals surface area contributed by atoms with Gasteiger partial charge in [0, 0.05) is 19.3 Å². The molecule has 0 aliphatic carbocycles. The van der Waals surface area contributed by atoms with Crippen LogP contribution in [0.25, 0.3) is 0 Å². The van der Waals surface area contributed by atoms with Crippen LogP contribution in [0.1, 0.15) is 264 Å². The fraction of sp³-hybridized carbons (Fsp3) is 0.956. The third-order valence-corrected chi connectivity index (χ3v) is 10.3. The van der Waals surface area contributed by atoms with Crippen molar-refractivity contribution in [1.82, 2.24) is 0 Å². The highest BCUT2D eigenvalue weighted by Crippen LogP contribution is 2.16. The van der Waals surface area contributed by atoms with E-state index in [4.69, 9.17) is 9.47 Å². The number of hydrogen-bond acceptors (Lipinski definition) is 4. The van der Waals surface area contributed by atoms with Crippen molar-refractivity contribution in [2.24, 2.45) is 0 Å². The standard InChI is InChI=1S/C45H88O4/c1-3-5-7-9-11-13-15-17-19-21-22-24-26-28-30-32-34-36-38-41-45(47)49-43-39-42-48-44(46)40-37-35-33-31-29-27-25-23-20-18-16-14-12-10-8-6-4-2/h3-43H2,1-2H3. The Bertz CT molecular complexity index is 648. The van der Waals surface area contributed by atoms with Crippen molar-refractivity contribution in [1.29, 1.82) is 0 Å². The van der Waals surface area contributed by atoms with Gasteiger partial charge in [-0.25, -0.2) is 0 Å². The van der Waals surface area contributed by atoms with E-state index in [9.17, 15) is 9.59 Å². The molecule has 0 aromatic heterocycles. The molecule has 0 aromatic carbocycles. The Labute approximate surface area is 307 Å². The van der Waals surface area contributed by atoms with Crippen LogP contribution in [0.5, 0.6) is 0 Å². The van der Waals surface area contributed by atoms with Crippen molar-refractivity contribution in [2.75, 3.05) is 13.2 Å². The van der Waals surface area contributed by atoms with E-state index < -0.39 is 0 Å². The third kappa shape index (κ3) is 43.0. The average molecular weight is 693 g/mol. The van der Waals surface area contributed by atoms with E-state index in [2.05, 4.69) is 13.8 Å². The normalized spacial score (nSPS) is 11.3. The van der Waals surface area contributed by atoms with Gasteiger partial charge in [0.1, 0.15) is 0 Å². The van der Waals surface area contributed by atoms with E-state index in [1.165, 1.54) is 205 Å². The maximum Gasteiger partial charge on any atom is 0.305 e. The SMILES string of the molecule is CCCCCCCCCCCCCCCCCCCCCC(=O)OCCCOC(=O)CCCCCCCCCCCCCCCCCCC. The lowest BCUT2D eigenvalue weighted by molar-refractivity contribution is -0.146. The zero-order valence-electron chi connectivity index (χ0n) is 33.6. The van der Waals surface area contributed by atoms with Gasteiger partial charge in [-0.15, -0.1) is 0 Å². The molecule has 0 saturated carbocycles. The van der Waals surface area contributed by atoms with E-state index in [1.807, 2.05) is 0 Å². The number of carbonyl (C=O) groups excluding carboxylic acids is 2. The summed E-state index contributed by atoms with van der Waals surface area (Å²) < 4.78 is 10.7. The van der Waals surface area contributed by atoms with Crippen LogP contribution in [0.3, 0.4) is 0 Å². The summed E-state index contributed by atoms with van der Waals surface area (Å²) in [5.74, 6) is -0.219. The van der Waals surface area contributed by atoms with Crippen LogP contribution in [-0.2, 0) is 19.1 Å². The fourth-order valence-corrected chi connectivity index (χ4v) is 6.92. The molecule has 0 radical (unpaired) electrons. The molecule has 4 heteroatoms. The van der Waals surface area contributed by atoms with Crippen LogP contribution < -0.4 is 0 Å². The molecule has 0 amide bonds. The van der Waals surface area contributed by atoms with Gasteiger partial charge in [-0.2, -0.15) is 0 Å². The molecule has 292 valence electrons. The molecule has 0 fully saturated rings. The van der Waals surface area contributed by atoms with E-state index >= 15 is 0 Å². The Morgan fingerprint density at radius 2 is 0.449 bits per heavy atom. The topological polar surface area (TPSA) is 52.6 Å². The smallest absolute Gasteiger partial charge is 0.305 e. The minimum absolute atomic E-state index is 0.109. The molecular weight excluding hydrogens is 604 g/mol. The van der Waals surface area contributed by atoms with Crippen LogP contribution in [0.2, 0.25) is 0 Å². The highest BCUT2D eigenvalue weighted by Gasteiger charge is 2.05. The lowest BCUT2D eigenvalue weighted by Crippen LogP contribution is -2.10. The summed E-state index contributed by atoms with van der Waals surface area (Å²) in [4.78, 5) is 23.9. The molecule has 0 aliphatic heterocycles. The second kappa shape index (κ2) is 43.1. The predicted octanol–water partition coefficient (Wildman–Crippen LogP) is 15.3. The van der Waals surface area contributed by atoms with Gasteiger partial charge < -0.3 is 9.47 Å². The largest absolute Gasteiger partial charge is 0.466 e. The van der Waals surface area contributed by atoms with E-state index in [-0.39, 0.29) is 11.9 Å². The maximum atomic E-state index is 12.0. The second-order valence-electron chi connectivity index (χ2n) is 15.3. The molecule has 0 unspecified atom stereocenters. The molecule has 0 atom stereocenters. The summed E-state index contributed by atoms with van der Waals surface area (Å²) in [5, 5.41) is 0. The second-order valence-corrected chi connectivity index (χ2v) is 15.3. The Morgan fingerprint density at radius 3 is 0.653 bits per heavy atom. The Hall–Kier alpha value is -1.06. The molecular formula is C45H88O4. The summed E-state index contributed by atoms with van der Waals surface area (Å²) >= 11 is 0. The molecule has 0 heterocycles. The molecule has 0 aromatic rings. The molecule has 4 nitrogen and oxygen atoms in total. The first-order valence-electron chi connectivity index (χ1n) is 22.5. The molecule has 0 aliphatic rings. The van der Waals surface area contributed by atoms with E-state index in [1.54, 1.807) is 0 Å². The lowest BCUT2D eigenvalue weighted by atomic mass is 10.0. The molecule has 0 bridgehead atoms. The van der Waals surface area contributed by atoms with E-state index in [0.717, 1.165) is 25.7 Å². The van der Waals surface area contributed by atoms with Gasteiger partial charge >= 0.3 is 11.9 Å². The first-order chi connectivity index (χ1) is 24.2. The van der Waals surface area contributed by atoms with Crippen LogP contribution in [0.4, 0.5) is 0 Å². The van der Waals surface area contributed by atoms with Crippen LogP contribution in [-0.4, -0.2) is 25.2 Å². The molecule has 0 saturated heterocycles. The van der Waals surface area contributed by atoms with Crippen molar-refractivity contribution in [3.05, 3.63) is 0 Å². The van der Waals surface area contributed by atoms with Crippen molar-refractivity contribution in [3.63, 3.8) is 0 Å². The first-order valence-corrected chi connectivity index (χ1v) is 22.5. The average Bonchev–Trinajstić information content (AvgIpc) is 3.10. The minimum atomic E-state index is -0.110. The molecule has 0 N–H and O–H groups in total. The minimum Gasteiger partial charge on any atom is -0.466 e. The van der Waals surface area contributed by atoms with E-state index in [0.29, 0.717) is 32.5 Å². The number of rotatable bonds is 42. The van der Waals surface area contributed by atoms with Crippen LogP contribution >= 0.6 is 0 Å². The molecule has 0 spiro atoms. The van der Waals surface area contributed by atoms with Crippen LogP contribution in [0.15, 0.2) is 0 Å². The maximum absolute atomic E-state index is 12.0. The number of unbranched alkanes of at least 4 members (excludes halogenated alkanes) is 34. The van der Waals surface area contributed by atoms with Gasteiger partial charge in [-0.1, -0.05) is 232 Å². The number of ether oxygens (including phenoxy) is 2. The number of hydrogen-bond donors (Lipinski definition) is 0. The zero-order chi connectivity index (χ0) is 35.6. The first kappa shape index (κ1) is 47.9. The summed E-state index contributed by atoms with van der Waals surface area (Å²) in [6, 6.07) is 0. The number of esters is 2. The zero-order valence-corrected chi connectivity index (χ0v) is 33.6. The van der Waals surface area contributed by atoms with Crippen molar-refractivity contribution in [3.8, 4) is 0 Å². The monoisotopic (exact) mass is 693 g/mol. The summed E-state index contributed by atoms with van der Waals surface area (Å²) in [7, 11) is 0. The Balaban J connectivity index is 3.24. The lowest BCUT2D eigenvalue weighted by Gasteiger charge is -2.07. The van der Waals surface area contributed by atoms with Crippen molar-refractivity contribution < 1.29 is 19.1 Å². The third-order valence-electron chi connectivity index (χ3n) is 10.3. The highest BCUT2D eigenvalue weighted by atomic mass is 16.5. The summed E-state index contributed by atoms with van der Waals surface area (Å²) in [5.41, 5.74) is 0. The van der Waals surface area contributed by atoms with Gasteiger partial charge in [0.2, 0.25) is 0 Å². The highest BCUT2D eigenvalue weighted by molar-refractivity contribution is 5.69. The summed E-state index contributed by atoms with van der Waals surface area (Å²) in [6.45, 7) is 5.28. The van der Waals surface area contributed by atoms with Gasteiger partial charge in [-0.3, -0.25) is 9.59 Å². The summed E-state index contributed by atoms with van der Waals surface area (Å²) in [6.07, 6.45) is 50.2. The van der Waals surface area contributed by atoms with Crippen molar-refractivity contribution >= 4 is 11.9 Å². The van der Waals surface area contributed by atoms with Gasteiger partial charge in [0.05, 0.1) is 13.2 Å². The molecule has 0 rings (SSSR count). The van der Waals surface area contributed by atoms with Crippen molar-refractivity contribution in [2.45, 2.75) is 264 Å².